The first-order chi connectivity index (χ1) is 12.1. The van der Waals surface area contributed by atoms with Gasteiger partial charge in [0.1, 0.15) is 10.9 Å². The molecule has 0 saturated carbocycles. The molecule has 3 rings (SSSR count). The topological polar surface area (TPSA) is 67.9 Å². The van der Waals surface area contributed by atoms with Gasteiger partial charge in [0.25, 0.3) is 0 Å². The van der Waals surface area contributed by atoms with Crippen LogP contribution in [0.25, 0.3) is 10.1 Å². The lowest BCUT2D eigenvalue weighted by Gasteiger charge is -2.29. The molecular weight excluding hydrogens is 340 g/mol. The Bertz CT molecular complexity index is 768. The highest BCUT2D eigenvalue weighted by Crippen LogP contribution is 2.29. The minimum atomic E-state index is -0.321. The summed E-state index contributed by atoms with van der Waals surface area (Å²) < 4.78 is 11.3. The van der Waals surface area contributed by atoms with Gasteiger partial charge in [-0.05, 0) is 43.5 Å². The van der Waals surface area contributed by atoms with E-state index in [1.165, 1.54) is 11.3 Å². The average Bonchev–Trinajstić information content (AvgIpc) is 3.05. The van der Waals surface area contributed by atoms with Crippen molar-refractivity contribution >= 4 is 39.0 Å². The van der Waals surface area contributed by atoms with E-state index in [0.29, 0.717) is 37.8 Å². The predicted octanol–water partition coefficient (Wildman–Crippen LogP) is 2.74. The first-order valence-electron chi connectivity index (χ1n) is 8.42. The zero-order valence-electron chi connectivity index (χ0n) is 14.4. The number of fused-ring (bicyclic) bond motifs is 1. The van der Waals surface area contributed by atoms with Crippen LogP contribution in [-0.4, -0.2) is 55.7 Å². The molecule has 1 aromatic heterocycles. The third-order valence-corrected chi connectivity index (χ3v) is 5.17. The monoisotopic (exact) mass is 362 g/mol. The number of benzene rings is 1. The van der Waals surface area contributed by atoms with Gasteiger partial charge in [-0.1, -0.05) is 0 Å². The number of morpholine rings is 1. The zero-order valence-corrected chi connectivity index (χ0v) is 15.2. The van der Waals surface area contributed by atoms with E-state index in [-0.39, 0.29) is 17.9 Å². The van der Waals surface area contributed by atoms with Crippen LogP contribution in [0.5, 0.6) is 0 Å². The summed E-state index contributed by atoms with van der Waals surface area (Å²) in [7, 11) is 0. The third kappa shape index (κ3) is 4.11. The van der Waals surface area contributed by atoms with E-state index in [0.717, 1.165) is 15.8 Å². The van der Waals surface area contributed by atoms with E-state index in [9.17, 15) is 9.59 Å². The molecule has 2 heterocycles. The Morgan fingerprint density at radius 2 is 2.08 bits per heavy atom. The van der Waals surface area contributed by atoms with E-state index in [1.54, 1.807) is 6.92 Å². The number of carbonyl (C=O) groups excluding carboxylic acids is 2. The second kappa shape index (κ2) is 7.84. The normalized spacial score (nSPS) is 15.8. The van der Waals surface area contributed by atoms with E-state index in [2.05, 4.69) is 5.32 Å². The smallest absolute Gasteiger partial charge is 0.348 e. The summed E-state index contributed by atoms with van der Waals surface area (Å²) in [5.74, 6) is -0.227. The Hall–Kier alpha value is -2.12. The minimum Gasteiger partial charge on any atom is -0.462 e. The van der Waals surface area contributed by atoms with Crippen molar-refractivity contribution in [2.75, 3.05) is 38.2 Å². The Kier molecular flexibility index (Phi) is 5.55. The summed E-state index contributed by atoms with van der Waals surface area (Å²) in [5, 5.41) is 4.21. The van der Waals surface area contributed by atoms with Crippen molar-refractivity contribution in [2.45, 2.75) is 19.9 Å². The molecule has 1 N–H and O–H groups in total. The molecule has 1 fully saturated rings. The van der Waals surface area contributed by atoms with E-state index in [4.69, 9.17) is 9.47 Å². The van der Waals surface area contributed by atoms with Gasteiger partial charge in [0.05, 0.1) is 19.8 Å². The fraction of sp³-hybridized carbons (Fsp3) is 0.444. The van der Waals surface area contributed by atoms with Gasteiger partial charge < -0.3 is 19.7 Å². The largest absolute Gasteiger partial charge is 0.462 e. The Balaban J connectivity index is 1.70. The van der Waals surface area contributed by atoms with Crippen LogP contribution >= 0.6 is 11.3 Å². The fourth-order valence-corrected chi connectivity index (χ4v) is 3.74. The first-order valence-corrected chi connectivity index (χ1v) is 9.24. The highest BCUT2D eigenvalue weighted by atomic mass is 32.1. The van der Waals surface area contributed by atoms with Crippen LogP contribution in [0, 0.1) is 0 Å². The minimum absolute atomic E-state index is 0.0703. The fourth-order valence-electron chi connectivity index (χ4n) is 2.81. The van der Waals surface area contributed by atoms with Gasteiger partial charge >= 0.3 is 5.97 Å². The summed E-state index contributed by atoms with van der Waals surface area (Å²) in [6.45, 7) is 6.47. The molecule has 0 radical (unpaired) electrons. The molecule has 25 heavy (non-hydrogen) atoms. The Labute approximate surface area is 150 Å². The van der Waals surface area contributed by atoms with Crippen molar-refractivity contribution in [2.24, 2.45) is 0 Å². The lowest BCUT2D eigenvalue weighted by atomic mass is 10.2. The molecule has 1 atom stereocenters. The standard InChI is InChI=1S/C18H22N2O4S/c1-3-24-18(22)16-11-13-10-14(4-5-15(13)25-16)19-12(2)17(21)20-6-8-23-9-7-20/h4-5,10-12,19H,3,6-9H2,1-2H3/t12-/m0/s1. The Morgan fingerprint density at radius 1 is 1.32 bits per heavy atom. The number of hydrogen-bond acceptors (Lipinski definition) is 6. The molecule has 0 aliphatic carbocycles. The lowest BCUT2D eigenvalue weighted by molar-refractivity contribution is -0.135. The highest BCUT2D eigenvalue weighted by Gasteiger charge is 2.22. The molecule has 1 saturated heterocycles. The van der Waals surface area contributed by atoms with Crippen molar-refractivity contribution < 1.29 is 19.1 Å². The molecular formula is C18H22N2O4S. The first kappa shape index (κ1) is 17.7. The number of ether oxygens (including phenoxy) is 2. The van der Waals surface area contributed by atoms with Gasteiger partial charge in [-0.3, -0.25) is 4.79 Å². The summed E-state index contributed by atoms with van der Waals surface area (Å²) in [4.78, 5) is 26.7. The molecule has 0 spiro atoms. The molecule has 1 aliphatic heterocycles. The molecule has 1 aromatic carbocycles. The third-order valence-electron chi connectivity index (χ3n) is 4.07. The summed E-state index contributed by atoms with van der Waals surface area (Å²) in [6.07, 6.45) is 0. The quantitative estimate of drug-likeness (QED) is 0.829. The molecule has 134 valence electrons. The molecule has 1 aliphatic rings. The van der Waals surface area contributed by atoms with Crippen LogP contribution in [0.2, 0.25) is 0 Å². The number of hydrogen-bond donors (Lipinski definition) is 1. The Morgan fingerprint density at radius 3 is 2.80 bits per heavy atom. The van der Waals surface area contributed by atoms with Crippen LogP contribution in [0.4, 0.5) is 5.69 Å². The van der Waals surface area contributed by atoms with Crippen LogP contribution in [0.3, 0.4) is 0 Å². The van der Waals surface area contributed by atoms with Crippen LogP contribution in [0.15, 0.2) is 24.3 Å². The molecule has 7 heteroatoms. The van der Waals surface area contributed by atoms with Gasteiger partial charge in [0.2, 0.25) is 5.91 Å². The van der Waals surface area contributed by atoms with Gasteiger partial charge in [0.15, 0.2) is 0 Å². The van der Waals surface area contributed by atoms with Gasteiger partial charge in [-0.15, -0.1) is 11.3 Å². The summed E-state index contributed by atoms with van der Waals surface area (Å²) in [6, 6.07) is 7.35. The predicted molar refractivity (Wildman–Crippen MR) is 98.3 cm³/mol. The summed E-state index contributed by atoms with van der Waals surface area (Å²) in [5.41, 5.74) is 0.856. The zero-order chi connectivity index (χ0) is 17.8. The van der Waals surface area contributed by atoms with Crippen molar-refractivity contribution in [3.63, 3.8) is 0 Å². The molecule has 2 aromatic rings. The number of nitrogens with one attached hydrogen (secondary N) is 1. The maximum Gasteiger partial charge on any atom is 0.348 e. The van der Waals surface area contributed by atoms with E-state index < -0.39 is 0 Å². The van der Waals surface area contributed by atoms with Crippen LogP contribution < -0.4 is 5.32 Å². The molecule has 0 unspecified atom stereocenters. The van der Waals surface area contributed by atoms with E-state index >= 15 is 0 Å². The van der Waals surface area contributed by atoms with E-state index in [1.807, 2.05) is 36.1 Å². The molecule has 0 bridgehead atoms. The number of anilines is 1. The van der Waals surface area contributed by atoms with Crippen molar-refractivity contribution in [1.82, 2.24) is 4.90 Å². The highest BCUT2D eigenvalue weighted by molar-refractivity contribution is 7.20. The van der Waals surface area contributed by atoms with Crippen LogP contribution in [0.1, 0.15) is 23.5 Å². The number of carbonyl (C=O) groups is 2. The molecule has 6 nitrogen and oxygen atoms in total. The second-order valence-electron chi connectivity index (χ2n) is 5.89. The molecule has 1 amide bonds. The second-order valence-corrected chi connectivity index (χ2v) is 6.97. The summed E-state index contributed by atoms with van der Waals surface area (Å²) >= 11 is 1.41. The van der Waals surface area contributed by atoms with Crippen molar-refractivity contribution in [1.29, 1.82) is 0 Å². The number of amides is 1. The van der Waals surface area contributed by atoms with Crippen molar-refractivity contribution in [3.05, 3.63) is 29.1 Å². The van der Waals surface area contributed by atoms with Crippen LogP contribution in [-0.2, 0) is 14.3 Å². The maximum absolute atomic E-state index is 12.5. The maximum atomic E-state index is 12.5. The number of esters is 1. The number of nitrogens with zero attached hydrogens (tertiary/aromatic N) is 1. The number of thiophene rings is 1. The van der Waals surface area contributed by atoms with Gasteiger partial charge in [-0.2, -0.15) is 0 Å². The lowest BCUT2D eigenvalue weighted by Crippen LogP contribution is -2.46. The SMILES string of the molecule is CCOC(=O)c1cc2cc(N[C@@H](C)C(=O)N3CCOCC3)ccc2s1. The van der Waals surface area contributed by atoms with Gasteiger partial charge in [-0.25, -0.2) is 4.79 Å². The number of rotatable bonds is 5. The van der Waals surface area contributed by atoms with Crippen molar-refractivity contribution in [3.8, 4) is 0 Å². The average molecular weight is 362 g/mol. The van der Waals surface area contributed by atoms with Gasteiger partial charge in [0, 0.05) is 23.5 Å².